The van der Waals surface area contributed by atoms with E-state index in [0.717, 1.165) is 37.3 Å². The van der Waals surface area contributed by atoms with Crippen LogP contribution in [0.5, 0.6) is 28.7 Å². The SMILES string of the molecule is COc1cc(/C=C2\Oc3c(ccc4c3CN(CC3CCCO3)CO4)C2=O)cc(OC)c1OC. The Hall–Kier alpha value is -3.23. The molecule has 1 unspecified atom stereocenters. The van der Waals surface area contributed by atoms with Gasteiger partial charge in [0.25, 0.3) is 0 Å². The number of carbonyl (C=O) groups is 1. The highest BCUT2D eigenvalue weighted by Crippen LogP contribution is 2.43. The fourth-order valence-electron chi connectivity index (χ4n) is 4.53. The van der Waals surface area contributed by atoms with E-state index in [-0.39, 0.29) is 17.6 Å². The average molecular weight is 453 g/mol. The molecule has 8 heteroatoms. The highest BCUT2D eigenvalue weighted by Gasteiger charge is 2.34. The minimum Gasteiger partial charge on any atom is -0.493 e. The summed E-state index contributed by atoms with van der Waals surface area (Å²) in [6, 6.07) is 7.16. The van der Waals surface area contributed by atoms with Crippen molar-refractivity contribution in [2.75, 3.05) is 41.2 Å². The molecule has 0 saturated carbocycles. The fraction of sp³-hybridized carbons (Fsp3) is 0.400. The van der Waals surface area contributed by atoms with E-state index in [2.05, 4.69) is 4.90 Å². The third-order valence-electron chi connectivity index (χ3n) is 6.15. The Kier molecular flexibility index (Phi) is 5.86. The lowest BCUT2D eigenvalue weighted by atomic mass is 10.0. The topological polar surface area (TPSA) is 75.7 Å². The first-order valence-corrected chi connectivity index (χ1v) is 11.0. The molecule has 1 fully saturated rings. The quantitative estimate of drug-likeness (QED) is 0.614. The predicted molar refractivity (Wildman–Crippen MR) is 120 cm³/mol. The second kappa shape index (κ2) is 8.96. The molecule has 5 rings (SSSR count). The van der Waals surface area contributed by atoms with Gasteiger partial charge in [0, 0.05) is 19.7 Å². The van der Waals surface area contributed by atoms with Crippen molar-refractivity contribution in [3.8, 4) is 28.7 Å². The van der Waals surface area contributed by atoms with Gasteiger partial charge in [-0.1, -0.05) is 0 Å². The lowest BCUT2D eigenvalue weighted by Gasteiger charge is -2.31. The Bertz CT molecular complexity index is 1080. The van der Waals surface area contributed by atoms with Crippen LogP contribution in [0.15, 0.2) is 30.0 Å². The van der Waals surface area contributed by atoms with E-state index in [0.29, 0.717) is 47.4 Å². The number of rotatable bonds is 6. The summed E-state index contributed by atoms with van der Waals surface area (Å²) < 4.78 is 34.1. The molecule has 0 amide bonds. The number of fused-ring (bicyclic) bond motifs is 3. The summed E-state index contributed by atoms with van der Waals surface area (Å²) >= 11 is 0. The van der Waals surface area contributed by atoms with E-state index in [1.54, 1.807) is 45.6 Å². The predicted octanol–water partition coefficient (Wildman–Crippen LogP) is 3.66. The third kappa shape index (κ3) is 4.00. The van der Waals surface area contributed by atoms with Gasteiger partial charge in [0.2, 0.25) is 11.5 Å². The zero-order valence-electron chi connectivity index (χ0n) is 19.0. The first-order chi connectivity index (χ1) is 16.1. The maximum Gasteiger partial charge on any atom is 0.231 e. The summed E-state index contributed by atoms with van der Waals surface area (Å²) in [5.41, 5.74) is 2.12. The molecule has 0 bridgehead atoms. The Morgan fingerprint density at radius 1 is 1.12 bits per heavy atom. The highest BCUT2D eigenvalue weighted by molar-refractivity contribution is 6.15. The van der Waals surface area contributed by atoms with Crippen molar-refractivity contribution in [2.45, 2.75) is 25.5 Å². The number of benzene rings is 2. The molecule has 1 atom stereocenters. The molecule has 3 aliphatic rings. The molecule has 2 aromatic carbocycles. The van der Waals surface area contributed by atoms with E-state index >= 15 is 0 Å². The van der Waals surface area contributed by atoms with Crippen molar-refractivity contribution in [1.82, 2.24) is 4.90 Å². The lowest BCUT2D eigenvalue weighted by molar-refractivity contribution is 0.0274. The minimum absolute atomic E-state index is 0.169. The molecule has 33 heavy (non-hydrogen) atoms. The van der Waals surface area contributed by atoms with Crippen LogP contribution >= 0.6 is 0 Å². The number of ketones is 1. The van der Waals surface area contributed by atoms with Crippen LogP contribution in [0.1, 0.15) is 34.3 Å². The summed E-state index contributed by atoms with van der Waals surface area (Å²) in [5.74, 6) is 2.88. The van der Waals surface area contributed by atoms with E-state index in [4.69, 9.17) is 28.4 Å². The molecule has 0 N–H and O–H groups in total. The van der Waals surface area contributed by atoms with Gasteiger partial charge >= 0.3 is 0 Å². The van der Waals surface area contributed by atoms with Crippen LogP contribution in [0.2, 0.25) is 0 Å². The molecule has 8 nitrogen and oxygen atoms in total. The molecular formula is C25H27NO7. The minimum atomic E-state index is -0.169. The molecule has 3 heterocycles. The van der Waals surface area contributed by atoms with Gasteiger partial charge in [0.1, 0.15) is 18.2 Å². The molecule has 0 aromatic heterocycles. The maximum absolute atomic E-state index is 13.1. The summed E-state index contributed by atoms with van der Waals surface area (Å²) in [6.45, 7) is 2.75. The number of hydrogen-bond donors (Lipinski definition) is 0. The number of allylic oxidation sites excluding steroid dienone is 1. The van der Waals surface area contributed by atoms with Crippen molar-refractivity contribution in [1.29, 1.82) is 0 Å². The third-order valence-corrected chi connectivity index (χ3v) is 6.15. The first-order valence-electron chi connectivity index (χ1n) is 11.0. The van der Waals surface area contributed by atoms with Gasteiger partial charge in [-0.25, -0.2) is 0 Å². The molecule has 0 aliphatic carbocycles. The molecule has 1 saturated heterocycles. The smallest absolute Gasteiger partial charge is 0.231 e. The summed E-state index contributed by atoms with van der Waals surface area (Å²) in [5, 5.41) is 0. The maximum atomic E-state index is 13.1. The van der Waals surface area contributed by atoms with Crippen LogP contribution in [0, 0.1) is 0 Å². The van der Waals surface area contributed by atoms with Crippen LogP contribution < -0.4 is 23.7 Å². The molecule has 2 aromatic rings. The second-order valence-corrected chi connectivity index (χ2v) is 8.24. The van der Waals surface area contributed by atoms with E-state index < -0.39 is 0 Å². The van der Waals surface area contributed by atoms with Gasteiger partial charge in [0.15, 0.2) is 17.3 Å². The Morgan fingerprint density at radius 3 is 2.58 bits per heavy atom. The number of Topliss-reactive ketones (excluding diaryl/α,β-unsaturated/α-hetero) is 1. The van der Waals surface area contributed by atoms with Crippen molar-refractivity contribution < 1.29 is 33.2 Å². The van der Waals surface area contributed by atoms with Gasteiger partial charge in [-0.15, -0.1) is 0 Å². The highest BCUT2D eigenvalue weighted by atomic mass is 16.5. The Balaban J connectivity index is 1.43. The number of carbonyl (C=O) groups excluding carboxylic acids is 1. The summed E-state index contributed by atoms with van der Waals surface area (Å²) in [4.78, 5) is 15.3. The molecule has 0 radical (unpaired) electrons. The van der Waals surface area contributed by atoms with Crippen molar-refractivity contribution in [2.24, 2.45) is 0 Å². The van der Waals surface area contributed by atoms with Crippen molar-refractivity contribution >= 4 is 11.9 Å². The van der Waals surface area contributed by atoms with E-state index in [1.165, 1.54) is 0 Å². The number of ether oxygens (including phenoxy) is 6. The summed E-state index contributed by atoms with van der Waals surface area (Å²) in [7, 11) is 4.65. The van der Waals surface area contributed by atoms with Gasteiger partial charge in [-0.3, -0.25) is 9.69 Å². The largest absolute Gasteiger partial charge is 0.493 e. The average Bonchev–Trinajstić information content (AvgIpc) is 3.46. The standard InChI is InChI=1S/C25H27NO7/c1-28-21-10-15(11-22(29-2)25(21)30-3)9-20-23(27)17-6-7-19-18(24(17)33-20)13-26(14-32-19)12-16-5-4-8-31-16/h6-7,9-11,16H,4-5,8,12-14H2,1-3H3/b20-9-. The molecule has 174 valence electrons. The number of hydrogen-bond acceptors (Lipinski definition) is 8. The van der Waals surface area contributed by atoms with Gasteiger partial charge in [-0.2, -0.15) is 0 Å². The zero-order valence-corrected chi connectivity index (χ0v) is 19.0. The zero-order chi connectivity index (χ0) is 22.9. The second-order valence-electron chi connectivity index (χ2n) is 8.24. The van der Waals surface area contributed by atoms with Crippen molar-refractivity contribution in [3.05, 3.63) is 46.7 Å². The normalized spacial score (nSPS) is 20.8. The first kappa shape index (κ1) is 21.6. The number of methoxy groups -OCH3 is 3. The Morgan fingerprint density at radius 2 is 1.91 bits per heavy atom. The molecule has 3 aliphatic heterocycles. The fourth-order valence-corrected chi connectivity index (χ4v) is 4.53. The molecule has 0 spiro atoms. The summed E-state index contributed by atoms with van der Waals surface area (Å²) in [6.07, 6.45) is 4.07. The van der Waals surface area contributed by atoms with E-state index in [9.17, 15) is 4.79 Å². The van der Waals surface area contributed by atoms with Crippen LogP contribution in [0.4, 0.5) is 0 Å². The Labute approximate surface area is 192 Å². The lowest BCUT2D eigenvalue weighted by Crippen LogP contribution is -2.37. The van der Waals surface area contributed by atoms with Crippen molar-refractivity contribution in [3.63, 3.8) is 0 Å². The van der Waals surface area contributed by atoms with Crippen LogP contribution in [-0.4, -0.2) is 58.0 Å². The van der Waals surface area contributed by atoms with Crippen LogP contribution in [0.3, 0.4) is 0 Å². The molecular weight excluding hydrogens is 426 g/mol. The van der Waals surface area contributed by atoms with Crippen LogP contribution in [-0.2, 0) is 11.3 Å². The van der Waals surface area contributed by atoms with E-state index in [1.807, 2.05) is 6.07 Å². The van der Waals surface area contributed by atoms with Gasteiger partial charge < -0.3 is 28.4 Å². The van der Waals surface area contributed by atoms with Gasteiger partial charge in [-0.05, 0) is 48.7 Å². The van der Waals surface area contributed by atoms with Gasteiger partial charge in [0.05, 0.1) is 38.6 Å². The number of nitrogens with zero attached hydrogens (tertiary/aromatic N) is 1. The van der Waals surface area contributed by atoms with Crippen LogP contribution in [0.25, 0.3) is 6.08 Å². The monoisotopic (exact) mass is 453 g/mol.